The van der Waals surface area contributed by atoms with Crippen molar-refractivity contribution in [1.29, 1.82) is 0 Å². The van der Waals surface area contributed by atoms with E-state index in [1.54, 1.807) is 16.9 Å². The Balaban J connectivity index is 1.42. The molecule has 0 aliphatic carbocycles. The fourth-order valence-corrected chi connectivity index (χ4v) is 6.03. The van der Waals surface area contributed by atoms with E-state index in [0.29, 0.717) is 24.5 Å². The number of rotatable bonds is 5. The van der Waals surface area contributed by atoms with Crippen molar-refractivity contribution in [2.45, 2.75) is 24.8 Å². The predicted octanol–water partition coefficient (Wildman–Crippen LogP) is 5.10. The zero-order valence-corrected chi connectivity index (χ0v) is 21.6. The summed E-state index contributed by atoms with van der Waals surface area (Å²) in [6.07, 6.45) is 0.653. The van der Waals surface area contributed by atoms with Gasteiger partial charge in [0, 0.05) is 34.9 Å². The van der Waals surface area contributed by atoms with Gasteiger partial charge in [-0.1, -0.05) is 54.1 Å². The van der Waals surface area contributed by atoms with Crippen LogP contribution in [0.3, 0.4) is 0 Å². The quantitative estimate of drug-likeness (QED) is 0.403. The Kier molecular flexibility index (Phi) is 5.72. The molecule has 1 aromatic heterocycles. The molecule has 37 heavy (non-hydrogen) atoms. The first-order valence-corrected chi connectivity index (χ1v) is 12.9. The summed E-state index contributed by atoms with van der Waals surface area (Å²) in [4.78, 5) is 34.8. The molecule has 2 unspecified atom stereocenters. The fraction of sp³-hybridized carbons (Fsp3) is 0.267. The number of aromatic amines is 1. The van der Waals surface area contributed by atoms with Crippen LogP contribution in [0.25, 0.3) is 10.9 Å². The summed E-state index contributed by atoms with van der Waals surface area (Å²) in [5.74, 6) is 0.620. The van der Waals surface area contributed by atoms with E-state index in [1.165, 1.54) is 0 Å². The van der Waals surface area contributed by atoms with E-state index in [1.807, 2.05) is 73.7 Å². The van der Waals surface area contributed by atoms with Crippen LogP contribution in [-0.2, 0) is 21.5 Å². The minimum absolute atomic E-state index is 0.0407. The summed E-state index contributed by atoms with van der Waals surface area (Å²) in [6.45, 7) is 2.87. The van der Waals surface area contributed by atoms with Gasteiger partial charge in [0.15, 0.2) is 5.54 Å². The highest BCUT2D eigenvalue weighted by atomic mass is 35.5. The number of carbonyl (C=O) groups is 2. The maximum absolute atomic E-state index is 14.1. The molecule has 1 saturated heterocycles. The van der Waals surface area contributed by atoms with Crippen LogP contribution in [0.15, 0.2) is 72.8 Å². The third-order valence-corrected chi connectivity index (χ3v) is 8.17. The van der Waals surface area contributed by atoms with Crippen LogP contribution in [0.2, 0.25) is 5.02 Å². The highest BCUT2D eigenvalue weighted by Crippen LogP contribution is 2.48. The third-order valence-electron chi connectivity index (χ3n) is 7.92. The van der Waals surface area contributed by atoms with Gasteiger partial charge in [0.2, 0.25) is 5.91 Å². The van der Waals surface area contributed by atoms with Gasteiger partial charge in [0.25, 0.3) is 5.91 Å². The second-order valence-corrected chi connectivity index (χ2v) is 10.4. The average molecular weight is 514 g/mol. The van der Waals surface area contributed by atoms with Gasteiger partial charge in [-0.3, -0.25) is 9.59 Å². The summed E-state index contributed by atoms with van der Waals surface area (Å²) in [7, 11) is 1.65. The third kappa shape index (κ3) is 3.78. The second-order valence-electron chi connectivity index (χ2n) is 9.96. The molecule has 7 heteroatoms. The number of amides is 2. The molecule has 3 aromatic carbocycles. The first kappa shape index (κ1) is 23.6. The first-order valence-electron chi connectivity index (χ1n) is 12.5. The number of para-hydroxylation sites is 1. The number of carbonyl (C=O) groups excluding carboxylic acids is 2. The Morgan fingerprint density at radius 2 is 1.76 bits per heavy atom. The maximum atomic E-state index is 14.1. The van der Waals surface area contributed by atoms with Crippen LogP contribution < -0.4 is 4.74 Å². The van der Waals surface area contributed by atoms with E-state index in [2.05, 4.69) is 11.1 Å². The number of hydrogen-bond acceptors (Lipinski definition) is 3. The van der Waals surface area contributed by atoms with Gasteiger partial charge in [-0.25, -0.2) is 0 Å². The Bertz CT molecular complexity index is 1500. The van der Waals surface area contributed by atoms with Crippen LogP contribution in [0, 0.1) is 0 Å². The number of aromatic nitrogens is 1. The number of nitrogens with zero attached hydrogens (tertiary/aromatic N) is 2. The molecule has 6 rings (SSSR count). The molecule has 0 spiro atoms. The van der Waals surface area contributed by atoms with E-state index in [4.69, 9.17) is 16.3 Å². The van der Waals surface area contributed by atoms with Crippen molar-refractivity contribution in [3.8, 4) is 5.75 Å². The van der Waals surface area contributed by atoms with Crippen molar-refractivity contribution in [2.75, 3.05) is 26.7 Å². The Morgan fingerprint density at radius 1 is 1.03 bits per heavy atom. The lowest BCUT2D eigenvalue weighted by Gasteiger charge is -2.51. The largest absolute Gasteiger partial charge is 0.497 e. The number of methoxy groups -OCH3 is 1. The molecule has 6 nitrogen and oxygen atoms in total. The number of nitrogens with one attached hydrogen (secondary N) is 1. The molecular weight excluding hydrogens is 486 g/mol. The Morgan fingerprint density at radius 3 is 2.49 bits per heavy atom. The van der Waals surface area contributed by atoms with Crippen molar-refractivity contribution in [2.24, 2.45) is 0 Å². The van der Waals surface area contributed by atoms with Crippen LogP contribution >= 0.6 is 11.6 Å². The van der Waals surface area contributed by atoms with E-state index < -0.39 is 5.54 Å². The first-order chi connectivity index (χ1) is 17.9. The number of ether oxygens (including phenoxy) is 1. The summed E-state index contributed by atoms with van der Waals surface area (Å²) in [6, 6.07) is 23.7. The van der Waals surface area contributed by atoms with Gasteiger partial charge >= 0.3 is 0 Å². The van der Waals surface area contributed by atoms with Gasteiger partial charge in [-0.15, -0.1) is 0 Å². The summed E-state index contributed by atoms with van der Waals surface area (Å²) in [5.41, 5.74) is 3.90. The van der Waals surface area contributed by atoms with Gasteiger partial charge in [0.1, 0.15) is 5.75 Å². The maximum Gasteiger partial charge on any atom is 0.254 e. The van der Waals surface area contributed by atoms with Gasteiger partial charge in [-0.2, -0.15) is 0 Å². The minimum atomic E-state index is -1.10. The van der Waals surface area contributed by atoms with Gasteiger partial charge < -0.3 is 19.5 Å². The predicted molar refractivity (Wildman–Crippen MR) is 144 cm³/mol. The molecular formula is C30H28ClN3O3. The van der Waals surface area contributed by atoms with Crippen molar-refractivity contribution >= 4 is 34.3 Å². The normalized spacial score (nSPS) is 21.2. The summed E-state index contributed by atoms with van der Waals surface area (Å²) in [5, 5.41) is 1.76. The summed E-state index contributed by atoms with van der Waals surface area (Å²) < 4.78 is 5.36. The molecule has 2 aliphatic rings. The van der Waals surface area contributed by atoms with Crippen molar-refractivity contribution < 1.29 is 14.3 Å². The van der Waals surface area contributed by atoms with Crippen LogP contribution in [0.1, 0.15) is 35.2 Å². The van der Waals surface area contributed by atoms with E-state index in [0.717, 1.165) is 39.0 Å². The molecule has 0 saturated carbocycles. The lowest BCUT2D eigenvalue weighted by Crippen LogP contribution is -2.67. The Labute approximate surface area is 220 Å². The minimum Gasteiger partial charge on any atom is -0.497 e. The molecule has 0 radical (unpaired) electrons. The van der Waals surface area contributed by atoms with Crippen molar-refractivity contribution in [3.05, 3.63) is 100 Å². The molecule has 1 N–H and O–H groups in total. The highest BCUT2D eigenvalue weighted by Gasteiger charge is 2.56. The molecule has 2 amide bonds. The molecule has 0 bridgehead atoms. The highest BCUT2D eigenvalue weighted by molar-refractivity contribution is 6.30. The van der Waals surface area contributed by atoms with Crippen LogP contribution in [0.5, 0.6) is 5.75 Å². The molecule has 3 heterocycles. The molecule has 4 aromatic rings. The molecule has 2 aliphatic heterocycles. The van der Waals surface area contributed by atoms with Crippen molar-refractivity contribution in [1.82, 2.24) is 14.8 Å². The smallest absolute Gasteiger partial charge is 0.254 e. The van der Waals surface area contributed by atoms with Gasteiger partial charge in [-0.05, 0) is 60.4 Å². The zero-order valence-electron chi connectivity index (χ0n) is 20.8. The van der Waals surface area contributed by atoms with Gasteiger partial charge in [0.05, 0.1) is 19.3 Å². The SMILES string of the molecule is COc1ccc(C2CN3C(=O)CN(CCc4ccc(Cl)cc4)C(=O)C3(C)c3[nH]c4ccccc4c32)cc1. The lowest BCUT2D eigenvalue weighted by molar-refractivity contribution is -0.166. The second kappa shape index (κ2) is 8.96. The lowest BCUT2D eigenvalue weighted by atomic mass is 9.76. The number of H-pyrrole nitrogens is 1. The number of piperazine rings is 1. The topological polar surface area (TPSA) is 65.6 Å². The van der Waals surface area contributed by atoms with Crippen LogP contribution in [-0.4, -0.2) is 53.3 Å². The average Bonchev–Trinajstić information content (AvgIpc) is 3.32. The number of fused-ring (bicyclic) bond motifs is 5. The molecule has 2 atom stereocenters. The monoisotopic (exact) mass is 513 g/mol. The van der Waals surface area contributed by atoms with E-state index >= 15 is 0 Å². The standard InChI is InChI=1S/C30H28ClN3O3/c1-30-28-27(23-5-3-4-6-25(23)32-28)24(20-9-13-22(37-2)14-10-20)17-34(30)26(35)18-33(29(30)36)16-15-19-7-11-21(31)12-8-19/h3-14,24,32H,15-18H2,1-2H3. The summed E-state index contributed by atoms with van der Waals surface area (Å²) >= 11 is 6.03. The number of benzene rings is 3. The molecule has 1 fully saturated rings. The number of hydrogen-bond donors (Lipinski definition) is 1. The van der Waals surface area contributed by atoms with Crippen LogP contribution in [0.4, 0.5) is 0 Å². The Hall–Kier alpha value is -3.77. The van der Waals surface area contributed by atoms with Crippen molar-refractivity contribution in [3.63, 3.8) is 0 Å². The van der Waals surface area contributed by atoms with E-state index in [9.17, 15) is 9.59 Å². The van der Waals surface area contributed by atoms with E-state index in [-0.39, 0.29) is 24.3 Å². The fourth-order valence-electron chi connectivity index (χ4n) is 5.91. The number of halogens is 1. The molecule has 188 valence electrons. The zero-order chi connectivity index (χ0) is 25.7.